The Morgan fingerprint density at radius 2 is 2.08 bits per heavy atom. The van der Waals surface area contributed by atoms with Crippen molar-refractivity contribution in [2.75, 3.05) is 0 Å². The fourth-order valence-electron chi connectivity index (χ4n) is 2.32. The lowest BCUT2D eigenvalue weighted by atomic mass is 10.2. The number of carbonyl (C=O) groups is 1. The van der Waals surface area contributed by atoms with Crippen molar-refractivity contribution in [2.24, 2.45) is 0 Å². The van der Waals surface area contributed by atoms with E-state index in [1.54, 1.807) is 17.1 Å². The average Bonchev–Trinajstić information content (AvgIpc) is 3.27. The van der Waals surface area contributed by atoms with Crippen LogP contribution in [-0.2, 0) is 5.75 Å². The molecule has 1 N–H and O–H groups in total. The van der Waals surface area contributed by atoms with E-state index in [9.17, 15) is 4.79 Å². The number of thioether (sulfide) groups is 1. The van der Waals surface area contributed by atoms with Crippen LogP contribution < -0.4 is 5.32 Å². The fourth-order valence-corrected chi connectivity index (χ4v) is 4.11. The van der Waals surface area contributed by atoms with Gasteiger partial charge in [0.05, 0.1) is 5.75 Å². The van der Waals surface area contributed by atoms with E-state index in [-0.39, 0.29) is 11.9 Å². The Labute approximate surface area is 161 Å². The molecule has 0 fully saturated rings. The van der Waals surface area contributed by atoms with Crippen LogP contribution in [0.15, 0.2) is 40.9 Å². The number of aromatic nitrogens is 4. The number of benzene rings is 1. The smallest absolute Gasteiger partial charge is 0.270 e. The zero-order chi connectivity index (χ0) is 18.5. The molecule has 0 aliphatic carbocycles. The summed E-state index contributed by atoms with van der Waals surface area (Å²) < 4.78 is 2.02. The summed E-state index contributed by atoms with van der Waals surface area (Å²) in [5.74, 6) is 1.37. The molecule has 0 spiro atoms. The molecule has 136 valence electrons. The predicted molar refractivity (Wildman–Crippen MR) is 105 cm³/mol. The van der Waals surface area contributed by atoms with Crippen LogP contribution >= 0.6 is 23.1 Å². The van der Waals surface area contributed by atoms with E-state index in [0.29, 0.717) is 11.4 Å². The maximum Gasteiger partial charge on any atom is 0.270 e. The molecule has 1 atom stereocenters. The molecule has 1 aromatic carbocycles. The Morgan fingerprint density at radius 1 is 1.31 bits per heavy atom. The minimum Gasteiger partial charge on any atom is -0.348 e. The van der Waals surface area contributed by atoms with Gasteiger partial charge >= 0.3 is 0 Å². The van der Waals surface area contributed by atoms with Gasteiger partial charge in [0.25, 0.3) is 5.91 Å². The first-order chi connectivity index (χ1) is 12.6. The fraction of sp³-hybridized carbons (Fsp3) is 0.333. The van der Waals surface area contributed by atoms with Gasteiger partial charge < -0.3 is 5.32 Å². The molecule has 1 amide bonds. The number of hydrogen-bond acceptors (Lipinski definition) is 6. The van der Waals surface area contributed by atoms with Crippen LogP contribution in [0.2, 0.25) is 0 Å². The van der Waals surface area contributed by atoms with E-state index < -0.39 is 0 Å². The number of nitrogens with zero attached hydrogens (tertiary/aromatic N) is 4. The SMILES string of the molecule is CCC(C)NC(=O)c1csc(CSc2nnc(C)n2-c2ccccc2)n1. The largest absolute Gasteiger partial charge is 0.348 e. The Kier molecular flexibility index (Phi) is 6.05. The minimum absolute atomic E-state index is 0.116. The second-order valence-corrected chi connectivity index (χ2v) is 7.78. The van der Waals surface area contributed by atoms with Crippen LogP contribution in [0.4, 0.5) is 0 Å². The predicted octanol–water partition coefficient (Wildman–Crippen LogP) is 3.85. The average molecular weight is 388 g/mol. The molecule has 3 rings (SSSR count). The van der Waals surface area contributed by atoms with E-state index in [0.717, 1.165) is 28.1 Å². The lowest BCUT2D eigenvalue weighted by Gasteiger charge is -2.09. The first-order valence-corrected chi connectivity index (χ1v) is 10.3. The van der Waals surface area contributed by atoms with E-state index in [1.165, 1.54) is 11.3 Å². The summed E-state index contributed by atoms with van der Waals surface area (Å²) in [7, 11) is 0. The second kappa shape index (κ2) is 8.46. The van der Waals surface area contributed by atoms with Crippen molar-refractivity contribution in [3.05, 3.63) is 52.2 Å². The summed E-state index contributed by atoms with van der Waals surface area (Å²) in [5.41, 5.74) is 1.51. The van der Waals surface area contributed by atoms with Gasteiger partial charge in [-0.25, -0.2) is 4.98 Å². The molecule has 3 aromatic rings. The highest BCUT2D eigenvalue weighted by Gasteiger charge is 2.15. The van der Waals surface area contributed by atoms with Crippen LogP contribution in [0.1, 0.15) is 41.6 Å². The summed E-state index contributed by atoms with van der Waals surface area (Å²) in [6.45, 7) is 5.96. The van der Waals surface area contributed by atoms with Crippen LogP contribution in [0.3, 0.4) is 0 Å². The second-order valence-electron chi connectivity index (χ2n) is 5.90. The molecule has 0 radical (unpaired) electrons. The number of carbonyl (C=O) groups excluding carboxylic acids is 1. The Balaban J connectivity index is 1.68. The van der Waals surface area contributed by atoms with Crippen LogP contribution in [0.25, 0.3) is 5.69 Å². The van der Waals surface area contributed by atoms with E-state index >= 15 is 0 Å². The van der Waals surface area contributed by atoms with Gasteiger partial charge in [0.15, 0.2) is 5.16 Å². The van der Waals surface area contributed by atoms with E-state index in [4.69, 9.17) is 0 Å². The molecule has 0 saturated heterocycles. The number of amides is 1. The maximum absolute atomic E-state index is 12.1. The number of thiazole rings is 1. The zero-order valence-corrected chi connectivity index (χ0v) is 16.6. The van der Waals surface area contributed by atoms with Gasteiger partial charge in [0.1, 0.15) is 16.5 Å². The summed E-state index contributed by atoms with van der Waals surface area (Å²) in [6, 6.07) is 10.2. The van der Waals surface area contributed by atoms with E-state index in [2.05, 4.69) is 20.5 Å². The normalized spacial score (nSPS) is 12.1. The third-order valence-electron chi connectivity index (χ3n) is 3.91. The Morgan fingerprint density at radius 3 is 2.81 bits per heavy atom. The highest BCUT2D eigenvalue weighted by atomic mass is 32.2. The minimum atomic E-state index is -0.116. The van der Waals surface area contributed by atoms with Crippen LogP contribution in [0, 0.1) is 6.92 Å². The van der Waals surface area contributed by atoms with Crippen molar-refractivity contribution in [1.29, 1.82) is 0 Å². The van der Waals surface area contributed by atoms with Gasteiger partial charge in [0, 0.05) is 17.1 Å². The molecular formula is C18H21N5OS2. The quantitative estimate of drug-likeness (QED) is 0.623. The number of aryl methyl sites for hydroxylation is 1. The molecular weight excluding hydrogens is 366 g/mol. The van der Waals surface area contributed by atoms with Crippen molar-refractivity contribution in [1.82, 2.24) is 25.1 Å². The van der Waals surface area contributed by atoms with Gasteiger partial charge in [-0.05, 0) is 32.4 Å². The van der Waals surface area contributed by atoms with Gasteiger partial charge in [-0.1, -0.05) is 36.9 Å². The molecule has 0 aliphatic heterocycles. The van der Waals surface area contributed by atoms with Crippen molar-refractivity contribution in [3.8, 4) is 5.69 Å². The lowest BCUT2D eigenvalue weighted by molar-refractivity contribution is 0.0935. The Hall–Kier alpha value is -2.19. The monoisotopic (exact) mass is 387 g/mol. The summed E-state index contributed by atoms with van der Waals surface area (Å²) >= 11 is 3.05. The molecule has 0 bridgehead atoms. The first kappa shape index (κ1) is 18.6. The van der Waals surface area contributed by atoms with Gasteiger partial charge in [-0.15, -0.1) is 21.5 Å². The number of rotatable bonds is 7. The molecule has 0 aliphatic rings. The maximum atomic E-state index is 12.1. The van der Waals surface area contributed by atoms with Gasteiger partial charge in [0.2, 0.25) is 0 Å². The molecule has 8 heteroatoms. The highest BCUT2D eigenvalue weighted by molar-refractivity contribution is 7.98. The third-order valence-corrected chi connectivity index (χ3v) is 5.88. The van der Waals surface area contributed by atoms with E-state index in [1.807, 2.05) is 55.7 Å². The summed E-state index contributed by atoms with van der Waals surface area (Å²) in [5, 5.41) is 14.9. The zero-order valence-electron chi connectivity index (χ0n) is 15.0. The van der Waals surface area contributed by atoms with Crippen molar-refractivity contribution in [3.63, 3.8) is 0 Å². The summed E-state index contributed by atoms with van der Waals surface area (Å²) in [6.07, 6.45) is 0.896. The van der Waals surface area contributed by atoms with Crippen molar-refractivity contribution >= 4 is 29.0 Å². The number of para-hydroxylation sites is 1. The van der Waals surface area contributed by atoms with Crippen LogP contribution in [0.5, 0.6) is 0 Å². The van der Waals surface area contributed by atoms with Crippen molar-refractivity contribution in [2.45, 2.75) is 44.1 Å². The van der Waals surface area contributed by atoms with Crippen molar-refractivity contribution < 1.29 is 4.79 Å². The molecule has 0 saturated carbocycles. The number of nitrogens with one attached hydrogen (secondary N) is 1. The molecule has 26 heavy (non-hydrogen) atoms. The topological polar surface area (TPSA) is 72.7 Å². The lowest BCUT2D eigenvalue weighted by Crippen LogP contribution is -2.32. The van der Waals surface area contributed by atoms with Gasteiger partial charge in [-0.3, -0.25) is 9.36 Å². The molecule has 1 unspecified atom stereocenters. The van der Waals surface area contributed by atoms with Crippen LogP contribution in [-0.4, -0.2) is 31.7 Å². The number of hydrogen-bond donors (Lipinski definition) is 1. The molecule has 2 aromatic heterocycles. The third kappa shape index (κ3) is 4.31. The first-order valence-electron chi connectivity index (χ1n) is 8.44. The Bertz CT molecular complexity index is 875. The van der Waals surface area contributed by atoms with Gasteiger partial charge in [-0.2, -0.15) is 0 Å². The summed E-state index contributed by atoms with van der Waals surface area (Å²) in [4.78, 5) is 16.6. The molecule has 6 nitrogen and oxygen atoms in total. The molecule has 2 heterocycles. The standard InChI is InChI=1S/C18H21N5OS2/c1-4-12(2)19-17(24)15-10-25-16(20-15)11-26-18-22-21-13(3)23(18)14-8-6-5-7-9-14/h5-10,12H,4,11H2,1-3H3,(H,19,24). The highest BCUT2D eigenvalue weighted by Crippen LogP contribution is 2.26.